The SMILES string of the molecule is COc1ccc(NC(=O)CCc2cccc(Br)c2)cc1. The van der Waals surface area contributed by atoms with E-state index >= 15 is 0 Å². The molecule has 0 bridgehead atoms. The Labute approximate surface area is 127 Å². The number of rotatable bonds is 5. The van der Waals surface area contributed by atoms with Gasteiger partial charge in [0.05, 0.1) is 7.11 Å². The lowest BCUT2D eigenvalue weighted by atomic mass is 10.1. The first-order valence-corrected chi connectivity index (χ1v) is 7.15. The number of carbonyl (C=O) groups excluding carboxylic acids is 1. The molecule has 0 radical (unpaired) electrons. The van der Waals surface area contributed by atoms with E-state index in [2.05, 4.69) is 21.2 Å². The van der Waals surface area contributed by atoms with Gasteiger partial charge >= 0.3 is 0 Å². The first-order valence-electron chi connectivity index (χ1n) is 6.36. The van der Waals surface area contributed by atoms with Gasteiger partial charge in [-0.2, -0.15) is 0 Å². The van der Waals surface area contributed by atoms with Gasteiger partial charge < -0.3 is 10.1 Å². The minimum absolute atomic E-state index is 0.00939. The Bertz CT molecular complexity index is 581. The van der Waals surface area contributed by atoms with Gasteiger partial charge in [-0.1, -0.05) is 28.1 Å². The summed E-state index contributed by atoms with van der Waals surface area (Å²) < 4.78 is 6.11. The lowest BCUT2D eigenvalue weighted by molar-refractivity contribution is -0.116. The van der Waals surface area contributed by atoms with E-state index in [-0.39, 0.29) is 5.91 Å². The molecule has 0 fully saturated rings. The molecular formula is C16H16BrNO2. The third kappa shape index (κ3) is 4.38. The standard InChI is InChI=1S/C16H16BrNO2/c1-20-15-8-6-14(7-9-15)18-16(19)10-5-12-3-2-4-13(17)11-12/h2-4,6-9,11H,5,10H2,1H3,(H,18,19). The summed E-state index contributed by atoms with van der Waals surface area (Å²) in [7, 11) is 1.62. The second kappa shape index (κ2) is 7.10. The van der Waals surface area contributed by atoms with Gasteiger partial charge in [-0.25, -0.2) is 0 Å². The number of halogens is 1. The highest BCUT2D eigenvalue weighted by molar-refractivity contribution is 9.10. The van der Waals surface area contributed by atoms with Crippen molar-refractivity contribution in [1.29, 1.82) is 0 Å². The molecule has 104 valence electrons. The molecule has 4 heteroatoms. The maximum Gasteiger partial charge on any atom is 0.224 e. The summed E-state index contributed by atoms with van der Waals surface area (Å²) >= 11 is 3.42. The number of aryl methyl sites for hydroxylation is 1. The summed E-state index contributed by atoms with van der Waals surface area (Å²) in [6, 6.07) is 15.3. The number of nitrogens with one attached hydrogen (secondary N) is 1. The molecule has 0 atom stereocenters. The highest BCUT2D eigenvalue weighted by atomic mass is 79.9. The van der Waals surface area contributed by atoms with Crippen LogP contribution in [0.4, 0.5) is 5.69 Å². The van der Waals surface area contributed by atoms with Crippen molar-refractivity contribution in [3.05, 3.63) is 58.6 Å². The molecular weight excluding hydrogens is 318 g/mol. The fourth-order valence-electron chi connectivity index (χ4n) is 1.85. The van der Waals surface area contributed by atoms with E-state index in [1.165, 1.54) is 0 Å². The first kappa shape index (κ1) is 14.6. The Kier molecular flexibility index (Phi) is 5.18. The Balaban J connectivity index is 1.85. The summed E-state index contributed by atoms with van der Waals surface area (Å²) in [6.07, 6.45) is 1.18. The van der Waals surface area contributed by atoms with Crippen LogP contribution in [-0.2, 0) is 11.2 Å². The molecule has 0 aliphatic rings. The minimum atomic E-state index is 0.00939. The van der Waals surface area contributed by atoms with Crippen molar-refractivity contribution in [1.82, 2.24) is 0 Å². The van der Waals surface area contributed by atoms with E-state index in [1.54, 1.807) is 7.11 Å². The van der Waals surface area contributed by atoms with E-state index in [0.29, 0.717) is 6.42 Å². The van der Waals surface area contributed by atoms with Crippen molar-refractivity contribution in [3.8, 4) is 5.75 Å². The quantitative estimate of drug-likeness (QED) is 0.897. The molecule has 2 aromatic carbocycles. The molecule has 1 amide bonds. The van der Waals surface area contributed by atoms with Crippen LogP contribution in [0.15, 0.2) is 53.0 Å². The van der Waals surface area contributed by atoms with Gasteiger partial charge in [0.2, 0.25) is 5.91 Å². The van der Waals surface area contributed by atoms with Crippen molar-refractivity contribution in [2.45, 2.75) is 12.8 Å². The largest absolute Gasteiger partial charge is 0.497 e. The van der Waals surface area contributed by atoms with Crippen molar-refractivity contribution >= 4 is 27.5 Å². The van der Waals surface area contributed by atoms with Crippen molar-refractivity contribution < 1.29 is 9.53 Å². The van der Waals surface area contributed by atoms with Crippen LogP contribution in [0.3, 0.4) is 0 Å². The Morgan fingerprint density at radius 3 is 2.60 bits per heavy atom. The van der Waals surface area contributed by atoms with Crippen LogP contribution in [0.25, 0.3) is 0 Å². The van der Waals surface area contributed by atoms with E-state index in [0.717, 1.165) is 27.9 Å². The number of benzene rings is 2. The van der Waals surface area contributed by atoms with E-state index in [4.69, 9.17) is 4.74 Å². The third-order valence-electron chi connectivity index (χ3n) is 2.90. The number of hydrogen-bond donors (Lipinski definition) is 1. The number of methoxy groups -OCH3 is 1. The summed E-state index contributed by atoms with van der Waals surface area (Å²) in [4.78, 5) is 11.9. The Morgan fingerprint density at radius 2 is 1.95 bits per heavy atom. The zero-order chi connectivity index (χ0) is 14.4. The Hall–Kier alpha value is -1.81. The van der Waals surface area contributed by atoms with Crippen LogP contribution >= 0.6 is 15.9 Å². The number of hydrogen-bond acceptors (Lipinski definition) is 2. The zero-order valence-electron chi connectivity index (χ0n) is 11.2. The number of ether oxygens (including phenoxy) is 1. The number of amides is 1. The predicted molar refractivity (Wildman–Crippen MR) is 84.1 cm³/mol. The van der Waals surface area contributed by atoms with Gasteiger partial charge in [-0.05, 0) is 48.4 Å². The van der Waals surface area contributed by atoms with Crippen molar-refractivity contribution in [2.24, 2.45) is 0 Å². The van der Waals surface area contributed by atoms with E-state index in [9.17, 15) is 4.79 Å². The summed E-state index contributed by atoms with van der Waals surface area (Å²) in [5.41, 5.74) is 1.93. The van der Waals surface area contributed by atoms with Crippen LogP contribution in [0.2, 0.25) is 0 Å². The van der Waals surface area contributed by atoms with Gasteiger partial charge in [0, 0.05) is 16.6 Å². The fourth-order valence-corrected chi connectivity index (χ4v) is 2.29. The summed E-state index contributed by atoms with van der Waals surface area (Å²) in [5, 5.41) is 2.87. The van der Waals surface area contributed by atoms with Gasteiger partial charge in [-0.3, -0.25) is 4.79 Å². The molecule has 0 spiro atoms. The lowest BCUT2D eigenvalue weighted by Crippen LogP contribution is -2.12. The fraction of sp³-hybridized carbons (Fsp3) is 0.188. The van der Waals surface area contributed by atoms with Crippen LogP contribution in [0.5, 0.6) is 5.75 Å². The molecule has 0 aromatic heterocycles. The van der Waals surface area contributed by atoms with Crippen LogP contribution < -0.4 is 10.1 Å². The first-order chi connectivity index (χ1) is 9.67. The van der Waals surface area contributed by atoms with Crippen molar-refractivity contribution in [3.63, 3.8) is 0 Å². The number of anilines is 1. The summed E-state index contributed by atoms with van der Waals surface area (Å²) in [6.45, 7) is 0. The maximum absolute atomic E-state index is 11.9. The van der Waals surface area contributed by atoms with Crippen LogP contribution in [-0.4, -0.2) is 13.0 Å². The number of carbonyl (C=O) groups is 1. The lowest BCUT2D eigenvalue weighted by Gasteiger charge is -2.06. The minimum Gasteiger partial charge on any atom is -0.497 e. The van der Waals surface area contributed by atoms with Gasteiger partial charge in [0.15, 0.2) is 0 Å². The molecule has 1 N–H and O–H groups in total. The molecule has 0 aliphatic heterocycles. The Morgan fingerprint density at radius 1 is 1.20 bits per heavy atom. The normalized spacial score (nSPS) is 10.1. The molecule has 0 aliphatic carbocycles. The predicted octanol–water partition coefficient (Wildman–Crippen LogP) is 4.03. The molecule has 0 unspecified atom stereocenters. The van der Waals surface area contributed by atoms with Gasteiger partial charge in [0.25, 0.3) is 0 Å². The highest BCUT2D eigenvalue weighted by Crippen LogP contribution is 2.16. The molecule has 20 heavy (non-hydrogen) atoms. The monoisotopic (exact) mass is 333 g/mol. The smallest absolute Gasteiger partial charge is 0.224 e. The molecule has 2 rings (SSSR count). The molecule has 3 nitrogen and oxygen atoms in total. The van der Waals surface area contributed by atoms with Gasteiger partial charge in [0.1, 0.15) is 5.75 Å². The zero-order valence-corrected chi connectivity index (χ0v) is 12.8. The maximum atomic E-state index is 11.9. The second-order valence-electron chi connectivity index (χ2n) is 4.41. The van der Waals surface area contributed by atoms with Crippen LogP contribution in [0.1, 0.15) is 12.0 Å². The average molecular weight is 334 g/mol. The molecule has 0 heterocycles. The van der Waals surface area contributed by atoms with E-state index < -0.39 is 0 Å². The molecule has 2 aromatic rings. The van der Waals surface area contributed by atoms with E-state index in [1.807, 2.05) is 48.5 Å². The van der Waals surface area contributed by atoms with Gasteiger partial charge in [-0.15, -0.1) is 0 Å². The molecule has 0 saturated carbocycles. The third-order valence-corrected chi connectivity index (χ3v) is 3.40. The van der Waals surface area contributed by atoms with Crippen molar-refractivity contribution in [2.75, 3.05) is 12.4 Å². The molecule has 0 saturated heterocycles. The summed E-state index contributed by atoms with van der Waals surface area (Å²) in [5.74, 6) is 0.785. The highest BCUT2D eigenvalue weighted by Gasteiger charge is 2.04. The van der Waals surface area contributed by atoms with Crippen LogP contribution in [0, 0.1) is 0 Å². The average Bonchev–Trinajstić information content (AvgIpc) is 2.46. The topological polar surface area (TPSA) is 38.3 Å². The second-order valence-corrected chi connectivity index (χ2v) is 5.32.